The highest BCUT2D eigenvalue weighted by molar-refractivity contribution is 5.96. The molecule has 0 bridgehead atoms. The second-order valence-electron chi connectivity index (χ2n) is 3.88. The maximum atomic E-state index is 12.1. The monoisotopic (exact) mass is 245 g/mol. The van der Waals surface area contributed by atoms with Crippen LogP contribution in [0.5, 0.6) is 5.75 Å². The highest BCUT2D eigenvalue weighted by atomic mass is 19.4. The normalized spacial score (nSPS) is 18.5. The van der Waals surface area contributed by atoms with E-state index >= 15 is 0 Å². The molecule has 0 spiro atoms. The van der Waals surface area contributed by atoms with E-state index in [1.165, 1.54) is 6.07 Å². The van der Waals surface area contributed by atoms with Crippen molar-refractivity contribution in [3.63, 3.8) is 0 Å². The van der Waals surface area contributed by atoms with Crippen molar-refractivity contribution in [1.82, 2.24) is 0 Å². The molecule has 1 heterocycles. The molecular formula is C11H10F3NO2. The van der Waals surface area contributed by atoms with Crippen molar-refractivity contribution < 1.29 is 22.7 Å². The van der Waals surface area contributed by atoms with E-state index in [0.29, 0.717) is 12.2 Å². The van der Waals surface area contributed by atoms with E-state index in [9.17, 15) is 18.0 Å². The van der Waals surface area contributed by atoms with Gasteiger partial charge in [0.2, 0.25) is 0 Å². The topological polar surface area (TPSA) is 38.3 Å². The first kappa shape index (κ1) is 11.8. The Hall–Kier alpha value is -1.72. The molecule has 0 saturated carbocycles. The van der Waals surface area contributed by atoms with Crippen molar-refractivity contribution >= 4 is 11.6 Å². The summed E-state index contributed by atoms with van der Waals surface area (Å²) in [6.07, 6.45) is -4.35. The van der Waals surface area contributed by atoms with Crippen LogP contribution in [0.1, 0.15) is 12.5 Å². The summed E-state index contributed by atoms with van der Waals surface area (Å²) >= 11 is 0. The van der Waals surface area contributed by atoms with Gasteiger partial charge in [0.1, 0.15) is 11.9 Å². The predicted molar refractivity (Wildman–Crippen MR) is 54.9 cm³/mol. The molecule has 0 aromatic heterocycles. The molecular weight excluding hydrogens is 235 g/mol. The van der Waals surface area contributed by atoms with E-state index in [0.717, 1.165) is 5.56 Å². The van der Waals surface area contributed by atoms with Gasteiger partial charge >= 0.3 is 12.1 Å². The Kier molecular flexibility index (Phi) is 2.73. The van der Waals surface area contributed by atoms with E-state index in [-0.39, 0.29) is 11.8 Å². The molecule has 0 saturated heterocycles. The number of benzene rings is 1. The van der Waals surface area contributed by atoms with Gasteiger partial charge in [-0.2, -0.15) is 13.2 Å². The maximum Gasteiger partial charge on any atom is 0.471 e. The lowest BCUT2D eigenvalue weighted by atomic mass is 10.1. The standard InChI is InChI=1S/C11H10F3NO2/c1-6-5-7-3-2-4-8(9(7)17-6)15-10(16)11(12,13)14/h2-4,6H,5H2,1H3,(H,15,16). The number of ether oxygens (including phenoxy) is 1. The Balaban J connectivity index is 2.24. The molecule has 1 aliphatic heterocycles. The van der Waals surface area contributed by atoms with E-state index in [4.69, 9.17) is 4.74 Å². The highest BCUT2D eigenvalue weighted by Gasteiger charge is 2.39. The molecule has 6 heteroatoms. The number of halogens is 3. The average Bonchev–Trinajstić information content (AvgIpc) is 2.58. The first-order chi connectivity index (χ1) is 7.88. The Bertz CT molecular complexity index is 457. The highest BCUT2D eigenvalue weighted by Crippen LogP contribution is 2.36. The molecule has 1 N–H and O–H groups in total. The van der Waals surface area contributed by atoms with Crippen molar-refractivity contribution in [2.24, 2.45) is 0 Å². The fourth-order valence-corrected chi connectivity index (χ4v) is 1.73. The summed E-state index contributed by atoms with van der Waals surface area (Å²) < 4.78 is 41.7. The minimum absolute atomic E-state index is 0.0641. The van der Waals surface area contributed by atoms with Gasteiger partial charge in [0, 0.05) is 6.42 Å². The zero-order valence-electron chi connectivity index (χ0n) is 8.97. The van der Waals surface area contributed by atoms with E-state index < -0.39 is 12.1 Å². The van der Waals surface area contributed by atoms with Crippen LogP contribution < -0.4 is 10.1 Å². The maximum absolute atomic E-state index is 12.1. The summed E-state index contributed by atoms with van der Waals surface area (Å²) in [4.78, 5) is 10.8. The number of nitrogens with one attached hydrogen (secondary N) is 1. The van der Waals surface area contributed by atoms with Crippen molar-refractivity contribution in [1.29, 1.82) is 0 Å². The van der Waals surface area contributed by atoms with Crippen molar-refractivity contribution in [3.8, 4) is 5.75 Å². The number of para-hydroxylation sites is 1. The molecule has 2 rings (SSSR count). The first-order valence-corrected chi connectivity index (χ1v) is 5.04. The third-order valence-electron chi connectivity index (χ3n) is 2.43. The Labute approximate surface area is 95.6 Å². The summed E-state index contributed by atoms with van der Waals surface area (Å²) in [5, 5.41) is 1.81. The minimum Gasteiger partial charge on any atom is -0.488 e. The predicted octanol–water partition coefficient (Wildman–Crippen LogP) is 2.51. The summed E-state index contributed by atoms with van der Waals surface area (Å²) in [5.74, 6) is -1.66. The average molecular weight is 245 g/mol. The fraction of sp³-hybridized carbons (Fsp3) is 0.364. The molecule has 0 fully saturated rings. The molecule has 1 amide bonds. The number of rotatable bonds is 1. The second-order valence-corrected chi connectivity index (χ2v) is 3.88. The zero-order valence-corrected chi connectivity index (χ0v) is 8.97. The molecule has 0 aliphatic carbocycles. The lowest BCUT2D eigenvalue weighted by Gasteiger charge is -2.11. The van der Waals surface area contributed by atoms with Gasteiger partial charge in [0.25, 0.3) is 0 Å². The van der Waals surface area contributed by atoms with Gasteiger partial charge in [-0.15, -0.1) is 0 Å². The molecule has 0 radical (unpaired) electrons. The van der Waals surface area contributed by atoms with Gasteiger partial charge < -0.3 is 10.1 Å². The van der Waals surface area contributed by atoms with Gasteiger partial charge in [-0.05, 0) is 18.6 Å². The lowest BCUT2D eigenvalue weighted by Crippen LogP contribution is -2.30. The number of alkyl halides is 3. The number of amides is 1. The summed E-state index contributed by atoms with van der Waals surface area (Å²) in [7, 11) is 0. The Morgan fingerprint density at radius 1 is 1.47 bits per heavy atom. The molecule has 1 aliphatic rings. The summed E-state index contributed by atoms with van der Waals surface area (Å²) in [6, 6.07) is 4.74. The summed E-state index contributed by atoms with van der Waals surface area (Å²) in [6.45, 7) is 1.81. The van der Waals surface area contributed by atoms with Gasteiger partial charge in [-0.25, -0.2) is 0 Å². The zero-order chi connectivity index (χ0) is 12.6. The van der Waals surface area contributed by atoms with Gasteiger partial charge in [0.05, 0.1) is 5.69 Å². The van der Waals surface area contributed by atoms with Crippen LogP contribution in [-0.4, -0.2) is 18.2 Å². The van der Waals surface area contributed by atoms with E-state index in [2.05, 4.69) is 0 Å². The van der Waals surface area contributed by atoms with Crippen LogP contribution in [0.15, 0.2) is 18.2 Å². The van der Waals surface area contributed by atoms with Crippen molar-refractivity contribution in [2.75, 3.05) is 5.32 Å². The van der Waals surface area contributed by atoms with Gasteiger partial charge in [-0.3, -0.25) is 4.79 Å². The Morgan fingerprint density at radius 2 is 2.18 bits per heavy atom. The van der Waals surface area contributed by atoms with E-state index in [1.54, 1.807) is 12.1 Å². The van der Waals surface area contributed by atoms with Crippen LogP contribution in [0.3, 0.4) is 0 Å². The number of fused-ring (bicyclic) bond motifs is 1. The summed E-state index contributed by atoms with van der Waals surface area (Å²) in [5.41, 5.74) is 0.867. The molecule has 17 heavy (non-hydrogen) atoms. The van der Waals surface area contributed by atoms with Gasteiger partial charge in [0.15, 0.2) is 0 Å². The van der Waals surface area contributed by atoms with Crippen LogP contribution in [0.2, 0.25) is 0 Å². The van der Waals surface area contributed by atoms with Crippen LogP contribution in [0, 0.1) is 0 Å². The third kappa shape index (κ3) is 2.35. The van der Waals surface area contributed by atoms with Crippen molar-refractivity contribution in [2.45, 2.75) is 25.6 Å². The largest absolute Gasteiger partial charge is 0.488 e. The van der Waals surface area contributed by atoms with Crippen LogP contribution in [0.25, 0.3) is 0 Å². The quantitative estimate of drug-likeness (QED) is 0.825. The number of hydrogen-bond acceptors (Lipinski definition) is 2. The van der Waals surface area contributed by atoms with Gasteiger partial charge in [-0.1, -0.05) is 12.1 Å². The van der Waals surface area contributed by atoms with Crippen LogP contribution in [-0.2, 0) is 11.2 Å². The number of hydrogen-bond donors (Lipinski definition) is 1. The molecule has 92 valence electrons. The Morgan fingerprint density at radius 3 is 2.82 bits per heavy atom. The SMILES string of the molecule is CC1Cc2cccc(NC(=O)C(F)(F)F)c2O1. The third-order valence-corrected chi connectivity index (χ3v) is 2.43. The molecule has 1 atom stereocenters. The smallest absolute Gasteiger partial charge is 0.471 e. The minimum atomic E-state index is -4.90. The second kappa shape index (κ2) is 3.94. The van der Waals surface area contributed by atoms with E-state index in [1.807, 2.05) is 12.2 Å². The van der Waals surface area contributed by atoms with Crippen LogP contribution >= 0.6 is 0 Å². The van der Waals surface area contributed by atoms with Crippen LogP contribution in [0.4, 0.5) is 18.9 Å². The number of carbonyl (C=O) groups is 1. The fourth-order valence-electron chi connectivity index (χ4n) is 1.73. The molecule has 3 nitrogen and oxygen atoms in total. The first-order valence-electron chi connectivity index (χ1n) is 5.04. The molecule has 1 unspecified atom stereocenters. The molecule has 1 aromatic carbocycles. The number of carbonyl (C=O) groups excluding carboxylic acids is 1. The number of anilines is 1. The van der Waals surface area contributed by atoms with Crippen molar-refractivity contribution in [3.05, 3.63) is 23.8 Å². The lowest BCUT2D eigenvalue weighted by molar-refractivity contribution is -0.167. The molecule has 1 aromatic rings.